The van der Waals surface area contributed by atoms with Crippen LogP contribution in [0, 0.1) is 0 Å². The number of ether oxygens (including phenoxy) is 1. The molecule has 0 aliphatic rings. The predicted octanol–water partition coefficient (Wildman–Crippen LogP) is 3.61. The number of carbonyl (C=O) groups is 1. The van der Waals surface area contributed by atoms with Gasteiger partial charge in [-0.2, -0.15) is 5.10 Å². The summed E-state index contributed by atoms with van der Waals surface area (Å²) < 4.78 is 6.07. The molecule has 0 saturated heterocycles. The molecule has 0 radical (unpaired) electrons. The summed E-state index contributed by atoms with van der Waals surface area (Å²) in [4.78, 5) is 19.2. The normalized spacial score (nSPS) is 11.1. The van der Waals surface area contributed by atoms with Gasteiger partial charge in [-0.05, 0) is 51.5 Å². The standard InChI is InChI=1S/C25H34N6O2/c1-29(2)12-13-31(19-20-8-6-5-7-9-20)25(32)28-23-11-10-21(22-17-26-27-18-22)16-24(23)33-15-14-30(3)4/h5-11,16-18H,12-15,19H2,1-4H3,(H,26,27)(H,28,32). The van der Waals surface area contributed by atoms with E-state index in [9.17, 15) is 4.79 Å². The van der Waals surface area contributed by atoms with Gasteiger partial charge < -0.3 is 24.8 Å². The van der Waals surface area contributed by atoms with Crippen LogP contribution in [-0.4, -0.2) is 85.4 Å². The molecule has 2 N–H and O–H groups in total. The zero-order chi connectivity index (χ0) is 23.6. The highest BCUT2D eigenvalue weighted by Crippen LogP contribution is 2.31. The van der Waals surface area contributed by atoms with Crippen LogP contribution in [0.5, 0.6) is 5.75 Å². The summed E-state index contributed by atoms with van der Waals surface area (Å²) in [6.07, 6.45) is 3.60. The van der Waals surface area contributed by atoms with Gasteiger partial charge in [0.15, 0.2) is 0 Å². The van der Waals surface area contributed by atoms with Crippen molar-refractivity contribution in [2.24, 2.45) is 0 Å². The Balaban J connectivity index is 1.80. The summed E-state index contributed by atoms with van der Waals surface area (Å²) in [6, 6.07) is 15.7. The fourth-order valence-corrected chi connectivity index (χ4v) is 3.24. The zero-order valence-electron chi connectivity index (χ0n) is 19.9. The molecule has 33 heavy (non-hydrogen) atoms. The highest BCUT2D eigenvalue weighted by Gasteiger charge is 2.17. The lowest BCUT2D eigenvalue weighted by Crippen LogP contribution is -2.39. The van der Waals surface area contributed by atoms with Gasteiger partial charge in [-0.1, -0.05) is 36.4 Å². The van der Waals surface area contributed by atoms with Crippen molar-refractivity contribution >= 4 is 11.7 Å². The van der Waals surface area contributed by atoms with E-state index in [1.54, 1.807) is 6.20 Å². The third kappa shape index (κ3) is 7.62. The number of benzene rings is 2. The van der Waals surface area contributed by atoms with Crippen LogP contribution in [0.2, 0.25) is 0 Å². The van der Waals surface area contributed by atoms with Crippen molar-refractivity contribution in [3.05, 3.63) is 66.5 Å². The van der Waals surface area contributed by atoms with Gasteiger partial charge in [0.05, 0.1) is 11.9 Å². The number of likely N-dealkylation sites (N-methyl/N-ethyl adjacent to an activating group) is 2. The summed E-state index contributed by atoms with van der Waals surface area (Å²) in [5.74, 6) is 0.635. The smallest absolute Gasteiger partial charge is 0.322 e. The van der Waals surface area contributed by atoms with Crippen LogP contribution in [0.4, 0.5) is 10.5 Å². The molecule has 1 aromatic heterocycles. The Morgan fingerprint density at radius 1 is 0.970 bits per heavy atom. The summed E-state index contributed by atoms with van der Waals surface area (Å²) in [5.41, 5.74) is 3.66. The molecule has 176 valence electrons. The van der Waals surface area contributed by atoms with Gasteiger partial charge in [-0.15, -0.1) is 0 Å². The summed E-state index contributed by atoms with van der Waals surface area (Å²) in [5, 5.41) is 9.94. The van der Waals surface area contributed by atoms with Crippen LogP contribution in [0.1, 0.15) is 5.56 Å². The number of carbonyl (C=O) groups excluding carboxylic acids is 1. The van der Waals surface area contributed by atoms with Gasteiger partial charge >= 0.3 is 6.03 Å². The molecular formula is C25H34N6O2. The second-order valence-corrected chi connectivity index (χ2v) is 8.49. The van der Waals surface area contributed by atoms with Crippen molar-refractivity contribution in [3.63, 3.8) is 0 Å². The molecule has 8 heteroatoms. The van der Waals surface area contributed by atoms with Gasteiger partial charge in [0.25, 0.3) is 0 Å². The quantitative estimate of drug-likeness (QED) is 0.467. The number of rotatable bonds is 11. The summed E-state index contributed by atoms with van der Waals surface area (Å²) in [7, 11) is 8.01. The lowest BCUT2D eigenvalue weighted by atomic mass is 10.1. The monoisotopic (exact) mass is 450 g/mol. The molecule has 0 saturated carbocycles. The molecule has 0 aliphatic carbocycles. The Morgan fingerprint density at radius 3 is 2.39 bits per heavy atom. The second-order valence-electron chi connectivity index (χ2n) is 8.49. The van der Waals surface area contributed by atoms with E-state index in [2.05, 4.69) is 25.3 Å². The maximum atomic E-state index is 13.3. The average molecular weight is 451 g/mol. The molecular weight excluding hydrogens is 416 g/mol. The Labute approximate surface area is 196 Å². The number of aromatic amines is 1. The topological polar surface area (TPSA) is 76.7 Å². The SMILES string of the molecule is CN(C)CCOc1cc(-c2cn[nH]c2)ccc1NC(=O)N(CCN(C)C)Cc1ccccc1. The molecule has 1 heterocycles. The minimum absolute atomic E-state index is 0.158. The first kappa shape index (κ1) is 24.3. The largest absolute Gasteiger partial charge is 0.490 e. The van der Waals surface area contributed by atoms with E-state index in [0.29, 0.717) is 31.1 Å². The molecule has 3 aromatic rings. The Morgan fingerprint density at radius 2 is 1.73 bits per heavy atom. The number of amides is 2. The Hall–Kier alpha value is -3.36. The zero-order valence-corrected chi connectivity index (χ0v) is 19.9. The first-order valence-corrected chi connectivity index (χ1v) is 11.1. The minimum atomic E-state index is -0.158. The third-order valence-electron chi connectivity index (χ3n) is 5.17. The highest BCUT2D eigenvalue weighted by atomic mass is 16.5. The van der Waals surface area contributed by atoms with Crippen LogP contribution in [0.3, 0.4) is 0 Å². The van der Waals surface area contributed by atoms with Crippen molar-refractivity contribution in [1.29, 1.82) is 0 Å². The molecule has 3 rings (SSSR count). The van der Waals surface area contributed by atoms with Crippen molar-refractivity contribution in [3.8, 4) is 16.9 Å². The van der Waals surface area contributed by atoms with Gasteiger partial charge in [-0.3, -0.25) is 5.10 Å². The number of nitrogens with zero attached hydrogens (tertiary/aromatic N) is 4. The second kappa shape index (κ2) is 12.0. The average Bonchev–Trinajstić information content (AvgIpc) is 3.33. The minimum Gasteiger partial charge on any atom is -0.490 e. The van der Waals surface area contributed by atoms with E-state index < -0.39 is 0 Å². The van der Waals surface area contributed by atoms with Gasteiger partial charge in [0.2, 0.25) is 0 Å². The number of H-pyrrole nitrogens is 1. The van der Waals surface area contributed by atoms with Gasteiger partial charge in [-0.25, -0.2) is 4.79 Å². The molecule has 2 aromatic carbocycles. The van der Waals surface area contributed by atoms with Crippen molar-refractivity contribution in [2.75, 3.05) is 59.7 Å². The van der Waals surface area contributed by atoms with Crippen molar-refractivity contribution in [2.45, 2.75) is 6.54 Å². The number of anilines is 1. The molecule has 0 fully saturated rings. The van der Waals surface area contributed by atoms with E-state index in [4.69, 9.17) is 4.74 Å². The van der Waals surface area contributed by atoms with Crippen LogP contribution >= 0.6 is 0 Å². The van der Waals surface area contributed by atoms with E-state index >= 15 is 0 Å². The number of nitrogens with one attached hydrogen (secondary N) is 2. The lowest BCUT2D eigenvalue weighted by Gasteiger charge is -2.25. The molecule has 0 atom stereocenters. The van der Waals surface area contributed by atoms with Crippen LogP contribution in [0.15, 0.2) is 60.9 Å². The number of hydrogen-bond donors (Lipinski definition) is 2. The first-order valence-electron chi connectivity index (χ1n) is 11.1. The molecule has 2 amide bonds. The maximum Gasteiger partial charge on any atom is 0.322 e. The van der Waals surface area contributed by atoms with Gasteiger partial charge in [0, 0.05) is 37.9 Å². The Bertz CT molecular complexity index is 989. The number of hydrogen-bond acceptors (Lipinski definition) is 5. The molecule has 0 bridgehead atoms. The van der Waals surface area contributed by atoms with E-state index in [-0.39, 0.29) is 6.03 Å². The molecule has 0 aliphatic heterocycles. The van der Waals surface area contributed by atoms with E-state index in [1.807, 2.05) is 87.8 Å². The molecule has 0 unspecified atom stereocenters. The maximum absolute atomic E-state index is 13.3. The van der Waals surface area contributed by atoms with E-state index in [1.165, 1.54) is 0 Å². The molecule has 0 spiro atoms. The number of aromatic nitrogens is 2. The van der Waals surface area contributed by atoms with Crippen molar-refractivity contribution in [1.82, 2.24) is 24.9 Å². The first-order chi connectivity index (χ1) is 15.9. The summed E-state index contributed by atoms with van der Waals surface area (Å²) in [6.45, 7) is 3.19. The predicted molar refractivity (Wildman–Crippen MR) is 132 cm³/mol. The molecule has 8 nitrogen and oxygen atoms in total. The lowest BCUT2D eigenvalue weighted by molar-refractivity contribution is 0.202. The van der Waals surface area contributed by atoms with Crippen molar-refractivity contribution < 1.29 is 9.53 Å². The van der Waals surface area contributed by atoms with Gasteiger partial charge in [0.1, 0.15) is 12.4 Å². The van der Waals surface area contributed by atoms with Crippen LogP contribution in [-0.2, 0) is 6.54 Å². The fraction of sp³-hybridized carbons (Fsp3) is 0.360. The fourth-order valence-electron chi connectivity index (χ4n) is 3.24. The highest BCUT2D eigenvalue weighted by molar-refractivity contribution is 5.91. The third-order valence-corrected chi connectivity index (χ3v) is 5.17. The van der Waals surface area contributed by atoms with E-state index in [0.717, 1.165) is 29.8 Å². The van der Waals surface area contributed by atoms with Crippen LogP contribution < -0.4 is 10.1 Å². The van der Waals surface area contributed by atoms with Crippen LogP contribution in [0.25, 0.3) is 11.1 Å². The summed E-state index contributed by atoms with van der Waals surface area (Å²) >= 11 is 0. The number of urea groups is 1. The Kier molecular flexibility index (Phi) is 8.86.